The summed E-state index contributed by atoms with van der Waals surface area (Å²) in [7, 11) is 1.37. The highest BCUT2D eigenvalue weighted by Crippen LogP contribution is 2.25. The number of hydrogen-bond acceptors (Lipinski definition) is 3. The van der Waals surface area contributed by atoms with Crippen molar-refractivity contribution in [3.63, 3.8) is 0 Å². The van der Waals surface area contributed by atoms with Gasteiger partial charge in [-0.1, -0.05) is 13.8 Å². The van der Waals surface area contributed by atoms with Crippen molar-refractivity contribution in [1.82, 2.24) is 4.98 Å². The summed E-state index contributed by atoms with van der Waals surface area (Å²) in [6, 6.07) is 1.84. The number of pyridine rings is 1. The van der Waals surface area contributed by atoms with Crippen molar-refractivity contribution in [1.29, 1.82) is 0 Å². The van der Waals surface area contributed by atoms with Crippen LogP contribution in [0.1, 0.15) is 35.7 Å². The minimum atomic E-state index is -0.353. The normalized spacial score (nSPS) is 10.4. The molecule has 0 N–H and O–H groups in total. The Labute approximate surface area is 91.6 Å². The molecular weight excluding hydrogens is 246 g/mol. The van der Waals surface area contributed by atoms with Gasteiger partial charge in [-0.2, -0.15) is 0 Å². The molecule has 76 valence electrons. The highest BCUT2D eigenvalue weighted by molar-refractivity contribution is 9.10. The standard InChI is InChI=1S/C10H12BrNO2/c1-6(2)7-4-5-12-9(11)8(7)10(13)14-3/h4-6H,1-3H3. The largest absolute Gasteiger partial charge is 0.465 e. The Morgan fingerprint density at radius 2 is 2.21 bits per heavy atom. The van der Waals surface area contributed by atoms with Gasteiger partial charge in [0.05, 0.1) is 12.7 Å². The average Bonchev–Trinajstić information content (AvgIpc) is 2.16. The molecule has 0 saturated carbocycles. The van der Waals surface area contributed by atoms with E-state index < -0.39 is 0 Å². The number of hydrogen-bond donors (Lipinski definition) is 0. The van der Waals surface area contributed by atoms with Crippen molar-refractivity contribution in [2.75, 3.05) is 7.11 Å². The first kappa shape index (κ1) is 11.2. The van der Waals surface area contributed by atoms with E-state index >= 15 is 0 Å². The van der Waals surface area contributed by atoms with E-state index in [-0.39, 0.29) is 11.9 Å². The molecule has 0 radical (unpaired) electrons. The quantitative estimate of drug-likeness (QED) is 0.604. The average molecular weight is 258 g/mol. The van der Waals surface area contributed by atoms with E-state index in [1.165, 1.54) is 7.11 Å². The third-order valence-electron chi connectivity index (χ3n) is 1.95. The molecule has 1 rings (SSSR count). The first-order chi connectivity index (χ1) is 6.57. The van der Waals surface area contributed by atoms with E-state index in [1.54, 1.807) is 6.20 Å². The molecule has 3 nitrogen and oxygen atoms in total. The van der Waals surface area contributed by atoms with Crippen LogP contribution in [0.4, 0.5) is 0 Å². The van der Waals surface area contributed by atoms with E-state index in [4.69, 9.17) is 4.74 Å². The number of nitrogens with zero attached hydrogens (tertiary/aromatic N) is 1. The van der Waals surface area contributed by atoms with Gasteiger partial charge in [-0.25, -0.2) is 9.78 Å². The summed E-state index contributed by atoms with van der Waals surface area (Å²) >= 11 is 3.24. The number of rotatable bonds is 2. The second kappa shape index (κ2) is 4.55. The lowest BCUT2D eigenvalue weighted by Gasteiger charge is -2.11. The Hall–Kier alpha value is -0.900. The molecule has 4 heteroatoms. The van der Waals surface area contributed by atoms with Crippen LogP contribution in [0.3, 0.4) is 0 Å². The second-order valence-electron chi connectivity index (χ2n) is 3.21. The highest BCUT2D eigenvalue weighted by atomic mass is 79.9. The molecule has 0 aromatic carbocycles. The molecule has 0 fully saturated rings. The Balaban J connectivity index is 3.29. The maximum Gasteiger partial charge on any atom is 0.340 e. The lowest BCUT2D eigenvalue weighted by atomic mass is 9.99. The van der Waals surface area contributed by atoms with Crippen LogP contribution in [0.5, 0.6) is 0 Å². The van der Waals surface area contributed by atoms with Crippen molar-refractivity contribution in [2.24, 2.45) is 0 Å². The van der Waals surface area contributed by atoms with Gasteiger partial charge in [0, 0.05) is 6.20 Å². The van der Waals surface area contributed by atoms with E-state index in [1.807, 2.05) is 19.9 Å². The number of aromatic nitrogens is 1. The van der Waals surface area contributed by atoms with E-state index in [0.717, 1.165) is 5.56 Å². The highest BCUT2D eigenvalue weighted by Gasteiger charge is 2.18. The van der Waals surface area contributed by atoms with Crippen LogP contribution in [0.15, 0.2) is 16.9 Å². The third-order valence-corrected chi connectivity index (χ3v) is 2.55. The molecule has 0 aliphatic heterocycles. The summed E-state index contributed by atoms with van der Waals surface area (Å²) in [5.41, 5.74) is 1.46. The van der Waals surface area contributed by atoms with Gasteiger partial charge in [-0.15, -0.1) is 0 Å². The minimum Gasteiger partial charge on any atom is -0.465 e. The Bertz CT molecular complexity index is 350. The fraction of sp³-hybridized carbons (Fsp3) is 0.400. The molecule has 14 heavy (non-hydrogen) atoms. The van der Waals surface area contributed by atoms with Crippen LogP contribution in [-0.4, -0.2) is 18.1 Å². The van der Waals surface area contributed by atoms with Gasteiger partial charge in [0.1, 0.15) is 4.60 Å². The minimum absolute atomic E-state index is 0.267. The molecule has 0 atom stereocenters. The first-order valence-corrected chi connectivity index (χ1v) is 5.10. The predicted octanol–water partition coefficient (Wildman–Crippen LogP) is 2.75. The van der Waals surface area contributed by atoms with Gasteiger partial charge in [-0.05, 0) is 33.5 Å². The van der Waals surface area contributed by atoms with E-state index in [0.29, 0.717) is 10.2 Å². The SMILES string of the molecule is COC(=O)c1c(C(C)C)ccnc1Br. The van der Waals surface area contributed by atoms with Crippen molar-refractivity contribution in [2.45, 2.75) is 19.8 Å². The molecule has 1 heterocycles. The van der Waals surface area contributed by atoms with Gasteiger partial charge in [0.15, 0.2) is 0 Å². The molecule has 1 aromatic heterocycles. The fourth-order valence-corrected chi connectivity index (χ4v) is 1.74. The van der Waals surface area contributed by atoms with Crippen LogP contribution < -0.4 is 0 Å². The van der Waals surface area contributed by atoms with Crippen LogP contribution in [0, 0.1) is 0 Å². The molecule has 1 aromatic rings. The van der Waals surface area contributed by atoms with E-state index in [2.05, 4.69) is 20.9 Å². The Morgan fingerprint density at radius 1 is 1.57 bits per heavy atom. The maximum absolute atomic E-state index is 11.5. The van der Waals surface area contributed by atoms with Gasteiger partial charge >= 0.3 is 5.97 Å². The second-order valence-corrected chi connectivity index (χ2v) is 3.96. The van der Waals surface area contributed by atoms with Gasteiger partial charge in [0.2, 0.25) is 0 Å². The zero-order valence-corrected chi connectivity index (χ0v) is 9.96. The molecule has 0 bridgehead atoms. The molecule has 0 amide bonds. The summed E-state index contributed by atoms with van der Waals surface area (Å²) in [5, 5.41) is 0. The summed E-state index contributed by atoms with van der Waals surface area (Å²) in [6.07, 6.45) is 1.67. The summed E-state index contributed by atoms with van der Waals surface area (Å²) in [4.78, 5) is 15.5. The zero-order valence-electron chi connectivity index (χ0n) is 8.37. The third kappa shape index (κ3) is 2.12. The summed E-state index contributed by atoms with van der Waals surface area (Å²) in [6.45, 7) is 4.04. The zero-order chi connectivity index (χ0) is 10.7. The topological polar surface area (TPSA) is 39.2 Å². The number of carbonyl (C=O) groups is 1. The fourth-order valence-electron chi connectivity index (χ4n) is 1.24. The molecule has 0 aliphatic carbocycles. The van der Waals surface area contributed by atoms with Crippen molar-refractivity contribution < 1.29 is 9.53 Å². The van der Waals surface area contributed by atoms with Crippen molar-refractivity contribution >= 4 is 21.9 Å². The molecule has 0 aliphatic rings. The number of halogens is 1. The summed E-state index contributed by atoms with van der Waals surface area (Å²) in [5.74, 6) is -0.0860. The molecule has 0 saturated heterocycles. The lowest BCUT2D eigenvalue weighted by molar-refractivity contribution is 0.0597. The number of esters is 1. The molecule has 0 spiro atoms. The Morgan fingerprint density at radius 3 is 2.71 bits per heavy atom. The maximum atomic E-state index is 11.5. The first-order valence-electron chi connectivity index (χ1n) is 4.30. The van der Waals surface area contributed by atoms with E-state index in [9.17, 15) is 4.79 Å². The summed E-state index contributed by atoms with van der Waals surface area (Å²) < 4.78 is 5.24. The molecular formula is C10H12BrNO2. The van der Waals surface area contributed by atoms with Crippen LogP contribution in [0.2, 0.25) is 0 Å². The van der Waals surface area contributed by atoms with Gasteiger partial charge in [0.25, 0.3) is 0 Å². The Kier molecular flexibility index (Phi) is 3.63. The lowest BCUT2D eigenvalue weighted by Crippen LogP contribution is -2.08. The number of methoxy groups -OCH3 is 1. The van der Waals surface area contributed by atoms with Crippen molar-refractivity contribution in [3.05, 3.63) is 28.0 Å². The smallest absolute Gasteiger partial charge is 0.340 e. The predicted molar refractivity (Wildman–Crippen MR) is 57.4 cm³/mol. The monoisotopic (exact) mass is 257 g/mol. The van der Waals surface area contributed by atoms with Gasteiger partial charge < -0.3 is 4.74 Å². The van der Waals surface area contributed by atoms with Gasteiger partial charge in [-0.3, -0.25) is 0 Å². The van der Waals surface area contributed by atoms with Crippen molar-refractivity contribution in [3.8, 4) is 0 Å². The number of carbonyl (C=O) groups excluding carboxylic acids is 1. The van der Waals surface area contributed by atoms with Crippen LogP contribution in [0.25, 0.3) is 0 Å². The molecule has 0 unspecified atom stereocenters. The number of ether oxygens (including phenoxy) is 1. The van der Waals surface area contributed by atoms with Crippen LogP contribution >= 0.6 is 15.9 Å². The van der Waals surface area contributed by atoms with Crippen LogP contribution in [-0.2, 0) is 4.74 Å².